The van der Waals surface area contributed by atoms with E-state index in [1.54, 1.807) is 39.8 Å². The second-order valence-corrected chi connectivity index (χ2v) is 7.02. The fourth-order valence-electron chi connectivity index (χ4n) is 2.07. The van der Waals surface area contributed by atoms with Gasteiger partial charge in [0.25, 0.3) is 0 Å². The molecule has 1 aromatic carbocycles. The van der Waals surface area contributed by atoms with Gasteiger partial charge >= 0.3 is 6.09 Å². The van der Waals surface area contributed by atoms with Gasteiger partial charge in [0.15, 0.2) is 0 Å². The van der Waals surface area contributed by atoms with E-state index in [1.807, 2.05) is 30.3 Å². The molecule has 0 spiro atoms. The molecule has 7 heteroatoms. The second-order valence-electron chi connectivity index (χ2n) is 7.02. The first-order valence-corrected chi connectivity index (χ1v) is 8.66. The highest BCUT2D eigenvalue weighted by molar-refractivity contribution is 5.96. The van der Waals surface area contributed by atoms with Crippen LogP contribution in [0.15, 0.2) is 48.7 Å². The number of carbonyl (C=O) groups is 2. The molecule has 1 unspecified atom stereocenters. The van der Waals surface area contributed by atoms with Crippen molar-refractivity contribution in [3.8, 4) is 5.88 Å². The molecule has 1 heterocycles. The van der Waals surface area contributed by atoms with E-state index in [2.05, 4.69) is 15.6 Å². The Balaban J connectivity index is 1.82. The number of hydrogen-bond acceptors (Lipinski definition) is 5. The maximum Gasteiger partial charge on any atom is 0.408 e. The molecule has 0 radical (unpaired) electrons. The predicted octanol–water partition coefficient (Wildman–Crippen LogP) is 3.51. The average Bonchev–Trinajstić information content (AvgIpc) is 2.60. The van der Waals surface area contributed by atoms with Gasteiger partial charge in [0, 0.05) is 6.07 Å². The van der Waals surface area contributed by atoms with Crippen LogP contribution in [0.1, 0.15) is 33.3 Å². The number of anilines is 1. The summed E-state index contributed by atoms with van der Waals surface area (Å²) in [5, 5.41) is 5.17. The first-order chi connectivity index (χ1) is 12.7. The lowest BCUT2D eigenvalue weighted by Gasteiger charge is -2.21. The zero-order valence-electron chi connectivity index (χ0n) is 16.0. The maximum atomic E-state index is 12.2. The normalized spacial score (nSPS) is 12.0. The Hall–Kier alpha value is -3.09. The Morgan fingerprint density at radius 3 is 2.41 bits per heavy atom. The molecule has 0 fully saturated rings. The van der Waals surface area contributed by atoms with E-state index >= 15 is 0 Å². The van der Waals surface area contributed by atoms with Gasteiger partial charge < -0.3 is 20.1 Å². The summed E-state index contributed by atoms with van der Waals surface area (Å²) >= 11 is 0. The van der Waals surface area contributed by atoms with E-state index in [0.717, 1.165) is 5.56 Å². The van der Waals surface area contributed by atoms with Gasteiger partial charge in [-0.3, -0.25) is 4.79 Å². The second kappa shape index (κ2) is 9.02. The Morgan fingerprint density at radius 1 is 1.11 bits per heavy atom. The highest BCUT2D eigenvalue weighted by atomic mass is 16.6. The lowest BCUT2D eigenvalue weighted by atomic mass is 10.2. The summed E-state index contributed by atoms with van der Waals surface area (Å²) < 4.78 is 10.7. The summed E-state index contributed by atoms with van der Waals surface area (Å²) in [5.41, 5.74) is 0.920. The van der Waals surface area contributed by atoms with Gasteiger partial charge in [-0.1, -0.05) is 30.3 Å². The van der Waals surface area contributed by atoms with Crippen LogP contribution in [-0.2, 0) is 16.1 Å². The van der Waals surface area contributed by atoms with Crippen LogP contribution >= 0.6 is 0 Å². The smallest absolute Gasteiger partial charge is 0.408 e. The lowest BCUT2D eigenvalue weighted by molar-refractivity contribution is -0.117. The van der Waals surface area contributed by atoms with Gasteiger partial charge in [-0.05, 0) is 39.3 Å². The minimum Gasteiger partial charge on any atom is -0.473 e. The van der Waals surface area contributed by atoms with Gasteiger partial charge in [0.1, 0.15) is 18.2 Å². The van der Waals surface area contributed by atoms with Crippen molar-refractivity contribution >= 4 is 17.7 Å². The van der Waals surface area contributed by atoms with Crippen LogP contribution in [0.2, 0.25) is 0 Å². The number of alkyl carbamates (subject to hydrolysis) is 1. The average molecular weight is 371 g/mol. The van der Waals surface area contributed by atoms with Crippen molar-refractivity contribution in [2.45, 2.75) is 45.9 Å². The highest BCUT2D eigenvalue weighted by Crippen LogP contribution is 2.14. The molecule has 1 atom stereocenters. The number of pyridine rings is 1. The third kappa shape index (κ3) is 7.35. The van der Waals surface area contributed by atoms with Gasteiger partial charge in [0.2, 0.25) is 11.8 Å². The number of nitrogens with one attached hydrogen (secondary N) is 2. The molecule has 2 aromatic rings. The number of aromatic nitrogens is 1. The van der Waals surface area contributed by atoms with Gasteiger partial charge in [0.05, 0.1) is 11.9 Å². The fraction of sp³-hybridized carbons (Fsp3) is 0.350. The fourth-order valence-corrected chi connectivity index (χ4v) is 2.07. The van der Waals surface area contributed by atoms with Crippen LogP contribution in [0.4, 0.5) is 10.5 Å². The standard InChI is InChI=1S/C20H25N3O4/c1-14(22-19(25)27-20(2,3)4)18(24)23-16-10-11-17(21-12-16)26-13-15-8-6-5-7-9-15/h5-12,14H,13H2,1-4H3,(H,22,25)(H,23,24). The number of carbonyl (C=O) groups excluding carboxylic acids is 2. The molecular weight excluding hydrogens is 346 g/mol. The molecule has 0 aliphatic rings. The molecular formula is C20H25N3O4. The quantitative estimate of drug-likeness (QED) is 0.811. The van der Waals surface area contributed by atoms with Crippen molar-refractivity contribution < 1.29 is 19.1 Å². The van der Waals surface area contributed by atoms with E-state index in [0.29, 0.717) is 18.2 Å². The minimum atomic E-state index is -0.756. The van der Waals surface area contributed by atoms with Crippen molar-refractivity contribution in [3.05, 3.63) is 54.2 Å². The molecule has 2 N–H and O–H groups in total. The molecule has 0 aliphatic carbocycles. The predicted molar refractivity (Wildman–Crippen MR) is 102 cm³/mol. The maximum absolute atomic E-state index is 12.2. The van der Waals surface area contributed by atoms with Crippen LogP contribution < -0.4 is 15.4 Å². The van der Waals surface area contributed by atoms with Crippen LogP contribution in [0.5, 0.6) is 5.88 Å². The third-order valence-electron chi connectivity index (χ3n) is 3.36. The van der Waals surface area contributed by atoms with Crippen molar-refractivity contribution in [1.82, 2.24) is 10.3 Å². The first kappa shape index (κ1) is 20.2. The summed E-state index contributed by atoms with van der Waals surface area (Å²) in [6.07, 6.45) is 0.853. The molecule has 7 nitrogen and oxygen atoms in total. The molecule has 0 saturated heterocycles. The number of hydrogen-bond donors (Lipinski definition) is 2. The summed E-state index contributed by atoms with van der Waals surface area (Å²) in [7, 11) is 0. The Kier molecular flexibility index (Phi) is 6.76. The molecule has 0 saturated carbocycles. The number of nitrogens with zero attached hydrogens (tertiary/aromatic N) is 1. The molecule has 2 amide bonds. The van der Waals surface area contributed by atoms with Gasteiger partial charge in [-0.25, -0.2) is 9.78 Å². The van der Waals surface area contributed by atoms with E-state index in [9.17, 15) is 9.59 Å². The summed E-state index contributed by atoms with van der Waals surface area (Å²) in [4.78, 5) is 28.1. The van der Waals surface area contributed by atoms with E-state index in [4.69, 9.17) is 9.47 Å². The van der Waals surface area contributed by atoms with E-state index in [1.165, 1.54) is 6.20 Å². The number of benzene rings is 1. The van der Waals surface area contributed by atoms with Gasteiger partial charge in [-0.2, -0.15) is 0 Å². The largest absolute Gasteiger partial charge is 0.473 e. The molecule has 144 valence electrons. The minimum absolute atomic E-state index is 0.374. The molecule has 1 aromatic heterocycles. The van der Waals surface area contributed by atoms with Crippen molar-refractivity contribution in [2.24, 2.45) is 0 Å². The monoisotopic (exact) mass is 371 g/mol. The lowest BCUT2D eigenvalue weighted by Crippen LogP contribution is -2.43. The summed E-state index contributed by atoms with van der Waals surface area (Å²) in [6, 6.07) is 12.4. The molecule has 0 aliphatic heterocycles. The van der Waals surface area contributed by atoms with E-state index < -0.39 is 17.7 Å². The van der Waals surface area contributed by atoms with Crippen LogP contribution in [0.25, 0.3) is 0 Å². The number of ether oxygens (including phenoxy) is 2. The Bertz CT molecular complexity index is 755. The number of rotatable bonds is 6. The third-order valence-corrected chi connectivity index (χ3v) is 3.36. The van der Waals surface area contributed by atoms with Crippen molar-refractivity contribution in [1.29, 1.82) is 0 Å². The first-order valence-electron chi connectivity index (χ1n) is 8.66. The van der Waals surface area contributed by atoms with Crippen LogP contribution in [-0.4, -0.2) is 28.6 Å². The zero-order chi connectivity index (χ0) is 19.9. The Morgan fingerprint density at radius 2 is 1.81 bits per heavy atom. The molecule has 0 bridgehead atoms. The SMILES string of the molecule is CC(NC(=O)OC(C)(C)C)C(=O)Nc1ccc(OCc2ccccc2)nc1. The highest BCUT2D eigenvalue weighted by Gasteiger charge is 2.21. The number of amides is 2. The molecule has 27 heavy (non-hydrogen) atoms. The van der Waals surface area contributed by atoms with Crippen molar-refractivity contribution in [2.75, 3.05) is 5.32 Å². The van der Waals surface area contributed by atoms with Crippen molar-refractivity contribution in [3.63, 3.8) is 0 Å². The van der Waals surface area contributed by atoms with Crippen LogP contribution in [0, 0.1) is 0 Å². The summed E-state index contributed by atoms with van der Waals surface area (Å²) in [6.45, 7) is 7.25. The molecule has 2 rings (SSSR count). The summed E-state index contributed by atoms with van der Waals surface area (Å²) in [5.74, 6) is 0.0809. The van der Waals surface area contributed by atoms with Gasteiger partial charge in [-0.15, -0.1) is 0 Å². The van der Waals surface area contributed by atoms with E-state index in [-0.39, 0.29) is 5.91 Å². The zero-order valence-corrected chi connectivity index (χ0v) is 16.0. The topological polar surface area (TPSA) is 89.5 Å². The van der Waals surface area contributed by atoms with Crippen LogP contribution in [0.3, 0.4) is 0 Å². The Labute approximate surface area is 159 Å².